The Morgan fingerprint density at radius 3 is 3.00 bits per heavy atom. The molecule has 1 unspecified atom stereocenters. The molecule has 1 atom stereocenters. The van der Waals surface area contributed by atoms with Gasteiger partial charge in [-0.3, -0.25) is 9.89 Å². The Bertz CT molecular complexity index is 514. The minimum atomic E-state index is -0.206. The lowest BCUT2D eigenvalue weighted by atomic mass is 10.2. The van der Waals surface area contributed by atoms with Crippen LogP contribution >= 0.6 is 11.3 Å². The van der Waals surface area contributed by atoms with E-state index >= 15 is 0 Å². The van der Waals surface area contributed by atoms with Gasteiger partial charge in [0.25, 0.3) is 5.91 Å². The van der Waals surface area contributed by atoms with Crippen molar-refractivity contribution in [3.05, 3.63) is 27.8 Å². The highest BCUT2D eigenvalue weighted by Crippen LogP contribution is 2.17. The SMILES string of the molecule is Cc1[nH]nc(N)c1C(=O)NCC(C)c1nccs1. The summed E-state index contributed by atoms with van der Waals surface area (Å²) in [6, 6.07) is 0. The minimum absolute atomic E-state index is 0.183. The zero-order valence-corrected chi connectivity index (χ0v) is 11.0. The molecule has 0 fully saturated rings. The van der Waals surface area contributed by atoms with Gasteiger partial charge in [0.1, 0.15) is 5.56 Å². The third-order valence-corrected chi connectivity index (χ3v) is 3.65. The predicted octanol–water partition coefficient (Wildman–Crippen LogP) is 1.29. The maximum absolute atomic E-state index is 12.0. The number of thiazole rings is 1. The van der Waals surface area contributed by atoms with Crippen molar-refractivity contribution in [3.8, 4) is 0 Å². The van der Waals surface area contributed by atoms with Gasteiger partial charge in [-0.15, -0.1) is 11.3 Å². The van der Waals surface area contributed by atoms with Crippen molar-refractivity contribution in [3.63, 3.8) is 0 Å². The topological polar surface area (TPSA) is 96.7 Å². The molecule has 0 radical (unpaired) electrons. The van der Waals surface area contributed by atoms with Gasteiger partial charge in [-0.1, -0.05) is 6.92 Å². The monoisotopic (exact) mass is 265 g/mol. The van der Waals surface area contributed by atoms with Gasteiger partial charge in [0, 0.05) is 29.7 Å². The number of hydrogen-bond acceptors (Lipinski definition) is 5. The molecule has 1 amide bonds. The number of anilines is 1. The zero-order chi connectivity index (χ0) is 13.1. The second-order valence-electron chi connectivity index (χ2n) is 4.09. The van der Waals surface area contributed by atoms with Crippen molar-refractivity contribution in [2.75, 3.05) is 12.3 Å². The molecule has 0 saturated carbocycles. The Morgan fingerprint density at radius 2 is 2.44 bits per heavy atom. The lowest BCUT2D eigenvalue weighted by molar-refractivity contribution is 0.0952. The number of aryl methyl sites for hydroxylation is 1. The summed E-state index contributed by atoms with van der Waals surface area (Å²) in [5.74, 6) is 0.205. The number of hydrogen-bond donors (Lipinski definition) is 3. The molecule has 18 heavy (non-hydrogen) atoms. The van der Waals surface area contributed by atoms with Crippen LogP contribution in [-0.4, -0.2) is 27.6 Å². The van der Waals surface area contributed by atoms with E-state index in [9.17, 15) is 4.79 Å². The van der Waals surface area contributed by atoms with Crippen LogP contribution in [0.15, 0.2) is 11.6 Å². The average molecular weight is 265 g/mol. The first kappa shape index (κ1) is 12.6. The van der Waals surface area contributed by atoms with Gasteiger partial charge in [-0.25, -0.2) is 4.98 Å². The van der Waals surface area contributed by atoms with E-state index in [1.807, 2.05) is 12.3 Å². The first-order valence-corrected chi connectivity index (χ1v) is 6.45. The van der Waals surface area contributed by atoms with E-state index in [0.717, 1.165) is 5.01 Å². The van der Waals surface area contributed by atoms with Gasteiger partial charge in [0.05, 0.1) is 5.01 Å². The summed E-state index contributed by atoms with van der Waals surface area (Å²) in [5.41, 5.74) is 6.72. The van der Waals surface area contributed by atoms with Gasteiger partial charge < -0.3 is 11.1 Å². The molecule has 7 heteroatoms. The molecular formula is C11H15N5OS. The highest BCUT2D eigenvalue weighted by molar-refractivity contribution is 7.09. The predicted molar refractivity (Wildman–Crippen MR) is 70.6 cm³/mol. The van der Waals surface area contributed by atoms with Crippen molar-refractivity contribution in [1.29, 1.82) is 0 Å². The molecule has 0 bridgehead atoms. The molecule has 4 N–H and O–H groups in total. The van der Waals surface area contributed by atoms with E-state index in [0.29, 0.717) is 17.8 Å². The van der Waals surface area contributed by atoms with E-state index in [2.05, 4.69) is 20.5 Å². The average Bonchev–Trinajstić information content (AvgIpc) is 2.96. The van der Waals surface area contributed by atoms with Crippen LogP contribution in [0.4, 0.5) is 5.82 Å². The van der Waals surface area contributed by atoms with Crippen molar-refractivity contribution in [2.24, 2.45) is 0 Å². The molecule has 2 aromatic heterocycles. The van der Waals surface area contributed by atoms with Crippen LogP contribution in [0.1, 0.15) is 33.9 Å². The smallest absolute Gasteiger partial charge is 0.256 e. The Morgan fingerprint density at radius 1 is 1.67 bits per heavy atom. The molecule has 2 aromatic rings. The molecule has 0 saturated heterocycles. The number of aromatic amines is 1. The summed E-state index contributed by atoms with van der Waals surface area (Å²) in [7, 11) is 0. The summed E-state index contributed by atoms with van der Waals surface area (Å²) < 4.78 is 0. The second-order valence-corrected chi connectivity index (χ2v) is 5.02. The summed E-state index contributed by atoms with van der Waals surface area (Å²) in [6.07, 6.45) is 1.76. The molecule has 0 aliphatic carbocycles. The van der Waals surface area contributed by atoms with Crippen LogP contribution in [-0.2, 0) is 0 Å². The summed E-state index contributed by atoms with van der Waals surface area (Å²) in [6.45, 7) is 4.31. The Labute approximate surface area is 109 Å². The molecule has 2 rings (SSSR count). The molecule has 6 nitrogen and oxygen atoms in total. The van der Waals surface area contributed by atoms with E-state index in [4.69, 9.17) is 5.73 Å². The summed E-state index contributed by atoms with van der Waals surface area (Å²) in [5, 5.41) is 12.3. The Balaban J connectivity index is 1.97. The van der Waals surface area contributed by atoms with E-state index < -0.39 is 0 Å². The highest BCUT2D eigenvalue weighted by atomic mass is 32.1. The van der Waals surface area contributed by atoms with Crippen LogP contribution in [0.2, 0.25) is 0 Å². The van der Waals surface area contributed by atoms with Crippen molar-refractivity contribution < 1.29 is 4.79 Å². The summed E-state index contributed by atoms with van der Waals surface area (Å²) >= 11 is 1.58. The van der Waals surface area contributed by atoms with Gasteiger partial charge in [0.2, 0.25) is 0 Å². The van der Waals surface area contributed by atoms with Crippen LogP contribution in [0, 0.1) is 6.92 Å². The number of H-pyrrole nitrogens is 1. The minimum Gasteiger partial charge on any atom is -0.382 e. The summed E-state index contributed by atoms with van der Waals surface area (Å²) in [4.78, 5) is 16.2. The van der Waals surface area contributed by atoms with Gasteiger partial charge in [-0.2, -0.15) is 5.10 Å². The number of amides is 1. The van der Waals surface area contributed by atoms with Crippen molar-refractivity contribution in [1.82, 2.24) is 20.5 Å². The first-order valence-electron chi connectivity index (χ1n) is 5.57. The first-order chi connectivity index (χ1) is 8.59. The number of nitrogens with zero attached hydrogens (tertiary/aromatic N) is 2. The molecule has 0 aliphatic heterocycles. The van der Waals surface area contributed by atoms with Crippen molar-refractivity contribution >= 4 is 23.1 Å². The number of rotatable bonds is 4. The molecule has 96 valence electrons. The number of nitrogens with two attached hydrogens (primary N) is 1. The Hall–Kier alpha value is -1.89. The van der Waals surface area contributed by atoms with Crippen LogP contribution in [0.25, 0.3) is 0 Å². The molecular weight excluding hydrogens is 250 g/mol. The third-order valence-electron chi connectivity index (χ3n) is 2.64. The molecule has 0 aliphatic rings. The third kappa shape index (κ3) is 2.51. The lowest BCUT2D eigenvalue weighted by Crippen LogP contribution is -2.28. The van der Waals surface area contributed by atoms with Crippen LogP contribution < -0.4 is 11.1 Å². The number of nitrogen functional groups attached to an aromatic ring is 1. The van der Waals surface area contributed by atoms with Gasteiger partial charge >= 0.3 is 0 Å². The largest absolute Gasteiger partial charge is 0.382 e. The van der Waals surface area contributed by atoms with E-state index in [-0.39, 0.29) is 17.6 Å². The molecule has 0 spiro atoms. The fraction of sp³-hybridized carbons (Fsp3) is 0.364. The quantitative estimate of drug-likeness (QED) is 0.776. The van der Waals surface area contributed by atoms with Crippen LogP contribution in [0.3, 0.4) is 0 Å². The van der Waals surface area contributed by atoms with Crippen LogP contribution in [0.5, 0.6) is 0 Å². The lowest BCUT2D eigenvalue weighted by Gasteiger charge is -2.10. The van der Waals surface area contributed by atoms with E-state index in [1.165, 1.54) is 0 Å². The zero-order valence-electron chi connectivity index (χ0n) is 10.2. The second kappa shape index (κ2) is 5.18. The van der Waals surface area contributed by atoms with Crippen molar-refractivity contribution in [2.45, 2.75) is 19.8 Å². The standard InChI is InChI=1S/C11H15N5OS/c1-6(11-13-3-4-18-11)5-14-10(17)8-7(2)15-16-9(8)12/h3-4,6H,5H2,1-2H3,(H,14,17)(H3,12,15,16). The normalized spacial score (nSPS) is 12.3. The number of carbonyl (C=O) groups excluding carboxylic acids is 1. The van der Waals surface area contributed by atoms with E-state index in [1.54, 1.807) is 24.5 Å². The fourth-order valence-corrected chi connectivity index (χ4v) is 2.33. The number of nitrogens with one attached hydrogen (secondary N) is 2. The van der Waals surface area contributed by atoms with Gasteiger partial charge in [0.15, 0.2) is 5.82 Å². The highest BCUT2D eigenvalue weighted by Gasteiger charge is 2.17. The maximum Gasteiger partial charge on any atom is 0.256 e. The number of aromatic nitrogens is 3. The molecule has 2 heterocycles. The van der Waals surface area contributed by atoms with Gasteiger partial charge in [-0.05, 0) is 6.92 Å². The fourth-order valence-electron chi connectivity index (χ4n) is 1.63. The molecule has 0 aromatic carbocycles. The number of carbonyl (C=O) groups is 1. The maximum atomic E-state index is 12.0. The Kier molecular flexibility index (Phi) is 3.61.